The highest BCUT2D eigenvalue weighted by Gasteiger charge is 2.08. The Bertz CT molecular complexity index is 557. The number of hydrogen-bond donors (Lipinski definition) is 2. The summed E-state index contributed by atoms with van der Waals surface area (Å²) >= 11 is 1.42. The Morgan fingerprint density at radius 3 is 3.00 bits per heavy atom. The Kier molecular flexibility index (Phi) is 4.01. The van der Waals surface area contributed by atoms with Crippen molar-refractivity contribution in [3.8, 4) is 0 Å². The number of carbonyl (C=O) groups excluding carboxylic acids is 1. The topological polar surface area (TPSA) is 68.3 Å². The lowest BCUT2D eigenvalue weighted by molar-refractivity contribution is 0.0953. The van der Waals surface area contributed by atoms with Gasteiger partial charge in [0.2, 0.25) is 0 Å². The second-order valence-electron chi connectivity index (χ2n) is 3.52. The Morgan fingerprint density at radius 1 is 1.44 bits per heavy atom. The van der Waals surface area contributed by atoms with Gasteiger partial charge in [0.15, 0.2) is 0 Å². The van der Waals surface area contributed by atoms with E-state index in [9.17, 15) is 9.18 Å². The number of furan rings is 1. The average molecular weight is 266 g/mol. The van der Waals surface area contributed by atoms with Gasteiger partial charge in [-0.15, -0.1) is 11.8 Å². The Morgan fingerprint density at radius 2 is 2.28 bits per heavy atom. The van der Waals surface area contributed by atoms with Crippen molar-refractivity contribution in [2.24, 2.45) is 5.84 Å². The summed E-state index contributed by atoms with van der Waals surface area (Å²) in [5, 5.41) is 0. The molecule has 0 aliphatic carbocycles. The maximum Gasteiger partial charge on any atom is 0.268 e. The third kappa shape index (κ3) is 3.12. The van der Waals surface area contributed by atoms with Gasteiger partial charge in [-0.25, -0.2) is 10.2 Å². The Labute approximate surface area is 107 Å². The standard InChI is InChI=1S/C12H11FN2O2S/c13-9-2-1-3-11(5-9)18-7-10-4-8(6-17-10)12(16)15-14/h1-6H,7,14H2,(H,15,16). The van der Waals surface area contributed by atoms with Crippen LogP contribution in [0.15, 0.2) is 45.9 Å². The predicted molar refractivity (Wildman–Crippen MR) is 66.3 cm³/mol. The van der Waals surface area contributed by atoms with Gasteiger partial charge in [0.05, 0.1) is 11.3 Å². The number of carbonyl (C=O) groups is 1. The number of hydrogen-bond acceptors (Lipinski definition) is 4. The average Bonchev–Trinajstić information content (AvgIpc) is 2.84. The molecule has 0 atom stereocenters. The van der Waals surface area contributed by atoms with Crippen LogP contribution in [0.2, 0.25) is 0 Å². The zero-order chi connectivity index (χ0) is 13.0. The number of hydrazine groups is 1. The quantitative estimate of drug-likeness (QED) is 0.385. The minimum Gasteiger partial charge on any atom is -0.468 e. The van der Waals surface area contributed by atoms with Crippen LogP contribution < -0.4 is 11.3 Å². The molecule has 0 bridgehead atoms. The van der Waals surface area contributed by atoms with Crippen molar-refractivity contribution in [3.63, 3.8) is 0 Å². The van der Waals surface area contributed by atoms with E-state index in [-0.39, 0.29) is 5.82 Å². The number of halogens is 1. The Balaban J connectivity index is 1.98. The van der Waals surface area contributed by atoms with E-state index in [0.717, 1.165) is 4.90 Å². The van der Waals surface area contributed by atoms with Crippen LogP contribution in [0.3, 0.4) is 0 Å². The fourth-order valence-electron chi connectivity index (χ4n) is 1.37. The van der Waals surface area contributed by atoms with Gasteiger partial charge in [0.25, 0.3) is 5.91 Å². The van der Waals surface area contributed by atoms with E-state index < -0.39 is 5.91 Å². The molecule has 94 valence electrons. The summed E-state index contributed by atoms with van der Waals surface area (Å²) in [5.41, 5.74) is 2.39. The van der Waals surface area contributed by atoms with Crippen molar-refractivity contribution in [2.45, 2.75) is 10.6 Å². The van der Waals surface area contributed by atoms with Crippen molar-refractivity contribution < 1.29 is 13.6 Å². The van der Waals surface area contributed by atoms with Crippen molar-refractivity contribution in [1.82, 2.24) is 5.43 Å². The molecule has 18 heavy (non-hydrogen) atoms. The lowest BCUT2D eigenvalue weighted by Crippen LogP contribution is -2.29. The maximum atomic E-state index is 12.9. The second-order valence-corrected chi connectivity index (χ2v) is 4.57. The molecule has 2 aromatic rings. The van der Waals surface area contributed by atoms with Crippen LogP contribution in [0.4, 0.5) is 4.39 Å². The van der Waals surface area contributed by atoms with Gasteiger partial charge in [0, 0.05) is 4.90 Å². The largest absolute Gasteiger partial charge is 0.468 e. The Hall–Kier alpha value is -1.79. The molecule has 0 radical (unpaired) electrons. The third-order valence-corrected chi connectivity index (χ3v) is 3.24. The first-order valence-electron chi connectivity index (χ1n) is 5.16. The summed E-state index contributed by atoms with van der Waals surface area (Å²) in [6.07, 6.45) is 1.34. The van der Waals surface area contributed by atoms with E-state index in [1.54, 1.807) is 12.1 Å². The number of thioether (sulfide) groups is 1. The molecule has 1 aromatic heterocycles. The molecule has 4 nitrogen and oxygen atoms in total. The van der Waals surface area contributed by atoms with Gasteiger partial charge in [-0.3, -0.25) is 10.2 Å². The van der Waals surface area contributed by atoms with Crippen molar-refractivity contribution in [1.29, 1.82) is 0 Å². The summed E-state index contributed by atoms with van der Waals surface area (Å²) in [6, 6.07) is 7.90. The molecular weight excluding hydrogens is 255 g/mol. The first-order chi connectivity index (χ1) is 8.69. The molecule has 6 heteroatoms. The highest BCUT2D eigenvalue weighted by Crippen LogP contribution is 2.24. The predicted octanol–water partition coefficient (Wildman–Crippen LogP) is 2.31. The number of nitrogens with one attached hydrogen (secondary N) is 1. The molecule has 1 amide bonds. The lowest BCUT2D eigenvalue weighted by Gasteiger charge is -1.98. The van der Waals surface area contributed by atoms with Crippen LogP contribution in [0.5, 0.6) is 0 Å². The minimum atomic E-state index is -0.402. The third-order valence-electron chi connectivity index (χ3n) is 2.22. The highest BCUT2D eigenvalue weighted by molar-refractivity contribution is 7.98. The number of benzene rings is 1. The van der Waals surface area contributed by atoms with E-state index in [4.69, 9.17) is 10.3 Å². The van der Waals surface area contributed by atoms with Crippen LogP contribution in [-0.2, 0) is 5.75 Å². The van der Waals surface area contributed by atoms with Crippen LogP contribution in [-0.4, -0.2) is 5.91 Å². The van der Waals surface area contributed by atoms with Crippen molar-refractivity contribution in [3.05, 3.63) is 53.7 Å². The molecule has 0 saturated heterocycles. The zero-order valence-electron chi connectivity index (χ0n) is 9.35. The zero-order valence-corrected chi connectivity index (χ0v) is 10.2. The number of nitrogens with two attached hydrogens (primary N) is 1. The summed E-state index contributed by atoms with van der Waals surface area (Å²) in [6.45, 7) is 0. The smallest absolute Gasteiger partial charge is 0.268 e. The molecule has 2 rings (SSSR count). The van der Waals surface area contributed by atoms with Crippen LogP contribution in [0.1, 0.15) is 16.1 Å². The number of nitrogen functional groups attached to an aromatic ring is 1. The normalized spacial score (nSPS) is 10.3. The van der Waals surface area contributed by atoms with Crippen molar-refractivity contribution in [2.75, 3.05) is 0 Å². The molecule has 0 spiro atoms. The molecule has 0 saturated carbocycles. The summed E-state index contributed by atoms with van der Waals surface area (Å²) in [4.78, 5) is 12.0. The molecule has 3 N–H and O–H groups in total. The first kappa shape index (κ1) is 12.7. The first-order valence-corrected chi connectivity index (χ1v) is 6.14. The molecular formula is C12H11FN2O2S. The fraction of sp³-hybridized carbons (Fsp3) is 0.0833. The van der Waals surface area contributed by atoms with E-state index in [1.165, 1.54) is 30.2 Å². The highest BCUT2D eigenvalue weighted by atomic mass is 32.2. The van der Waals surface area contributed by atoms with Crippen LogP contribution in [0.25, 0.3) is 0 Å². The molecule has 0 unspecified atom stereocenters. The monoisotopic (exact) mass is 266 g/mol. The van der Waals surface area contributed by atoms with E-state index in [1.807, 2.05) is 11.5 Å². The lowest BCUT2D eigenvalue weighted by atomic mass is 10.3. The minimum absolute atomic E-state index is 0.275. The van der Waals surface area contributed by atoms with E-state index in [2.05, 4.69) is 0 Å². The summed E-state index contributed by atoms with van der Waals surface area (Å²) in [5.74, 6) is 5.47. The summed E-state index contributed by atoms with van der Waals surface area (Å²) in [7, 11) is 0. The maximum absolute atomic E-state index is 12.9. The van der Waals surface area contributed by atoms with Crippen LogP contribution >= 0.6 is 11.8 Å². The van der Waals surface area contributed by atoms with E-state index in [0.29, 0.717) is 17.1 Å². The van der Waals surface area contributed by atoms with Gasteiger partial charge < -0.3 is 4.42 Å². The van der Waals surface area contributed by atoms with Crippen molar-refractivity contribution >= 4 is 17.7 Å². The second kappa shape index (κ2) is 5.70. The van der Waals surface area contributed by atoms with Gasteiger partial charge in [0.1, 0.15) is 17.8 Å². The fourth-order valence-corrected chi connectivity index (χ4v) is 2.20. The number of rotatable bonds is 4. The number of amides is 1. The molecule has 0 aliphatic heterocycles. The van der Waals surface area contributed by atoms with Gasteiger partial charge in [-0.05, 0) is 24.3 Å². The molecule has 1 aromatic carbocycles. The van der Waals surface area contributed by atoms with Gasteiger partial charge in [-0.2, -0.15) is 0 Å². The molecule has 0 fully saturated rings. The van der Waals surface area contributed by atoms with Gasteiger partial charge >= 0.3 is 0 Å². The SMILES string of the molecule is NNC(=O)c1coc(CSc2cccc(F)c2)c1. The molecule has 1 heterocycles. The van der Waals surface area contributed by atoms with Gasteiger partial charge in [-0.1, -0.05) is 6.07 Å². The van der Waals surface area contributed by atoms with Crippen LogP contribution in [0, 0.1) is 5.82 Å². The molecule has 0 aliphatic rings. The summed E-state index contributed by atoms with van der Waals surface area (Å²) < 4.78 is 18.2. The van der Waals surface area contributed by atoms with E-state index >= 15 is 0 Å².